The second-order valence-electron chi connectivity index (χ2n) is 5.58. The first-order valence-corrected chi connectivity index (χ1v) is 6.04. The van der Waals surface area contributed by atoms with Crippen molar-refractivity contribution in [3.05, 3.63) is 12.4 Å². The molecule has 4 heteroatoms. The minimum absolute atomic E-state index is 0.0794. The first-order chi connectivity index (χ1) is 6.14. The molecule has 1 rings (SSSR count). The molecule has 14 heavy (non-hydrogen) atoms. The second kappa shape index (κ2) is 3.23. The van der Waals surface area contributed by atoms with Crippen LogP contribution in [0.25, 0.3) is 0 Å². The molecule has 0 aliphatic heterocycles. The molecule has 0 atom stereocenters. The standard InChI is InChI=1S/C10H20N2OP/c1-9(2,3)11-7-8-12(14(11)13)10(4,5)6/h7-8H,1-6H3/q+1. The first kappa shape index (κ1) is 11.5. The average Bonchev–Trinajstić information content (AvgIpc) is 2.26. The summed E-state index contributed by atoms with van der Waals surface area (Å²) in [5, 5.41) is 0. The van der Waals surface area contributed by atoms with Gasteiger partial charge in [0, 0.05) is 0 Å². The van der Waals surface area contributed by atoms with Crippen LogP contribution in [-0.2, 0) is 15.6 Å². The van der Waals surface area contributed by atoms with Crippen LogP contribution >= 0.6 is 7.73 Å². The fraction of sp³-hybridized carbons (Fsp3) is 0.800. The van der Waals surface area contributed by atoms with Gasteiger partial charge in [-0.1, -0.05) is 0 Å². The summed E-state index contributed by atoms with van der Waals surface area (Å²) in [6.45, 7) is 12.4. The van der Waals surface area contributed by atoms with Crippen LogP contribution in [0.4, 0.5) is 0 Å². The van der Waals surface area contributed by atoms with Gasteiger partial charge in [0.25, 0.3) is 0 Å². The molecule has 3 nitrogen and oxygen atoms in total. The molecule has 0 unspecified atom stereocenters. The van der Waals surface area contributed by atoms with Crippen LogP contribution in [0.1, 0.15) is 41.5 Å². The summed E-state index contributed by atoms with van der Waals surface area (Å²) in [5.74, 6) is 0. The molecule has 80 valence electrons. The maximum absolute atomic E-state index is 12.1. The monoisotopic (exact) mass is 215 g/mol. The van der Waals surface area contributed by atoms with Gasteiger partial charge in [-0.2, -0.15) is 0 Å². The minimum Gasteiger partial charge on any atom is -0.145 e. The van der Waals surface area contributed by atoms with Gasteiger partial charge in [-0.05, 0) is 46.1 Å². The van der Waals surface area contributed by atoms with Crippen molar-refractivity contribution >= 4 is 7.73 Å². The molecule has 0 radical (unpaired) electrons. The fourth-order valence-corrected chi connectivity index (χ4v) is 2.89. The Bertz CT molecular complexity index is 342. The third kappa shape index (κ3) is 2.09. The van der Waals surface area contributed by atoms with Gasteiger partial charge < -0.3 is 0 Å². The van der Waals surface area contributed by atoms with Crippen LogP contribution in [0.3, 0.4) is 0 Å². The molecular formula is C10H20N2OP+. The SMILES string of the molecule is CC(C)(C)n1ccn(C(C)(C)C)[p+]1=O. The number of hydrogen-bond donors (Lipinski definition) is 0. The molecule has 0 fully saturated rings. The smallest absolute Gasteiger partial charge is 0.145 e. The van der Waals surface area contributed by atoms with Crippen molar-refractivity contribution in [2.24, 2.45) is 0 Å². The normalized spacial score (nSPS) is 13.3. The lowest BCUT2D eigenvalue weighted by Crippen LogP contribution is -2.20. The van der Waals surface area contributed by atoms with Crippen LogP contribution in [0.5, 0.6) is 0 Å². The highest BCUT2D eigenvalue weighted by Crippen LogP contribution is 2.30. The van der Waals surface area contributed by atoms with E-state index in [4.69, 9.17) is 0 Å². The first-order valence-electron chi connectivity index (χ1n) is 4.88. The Balaban J connectivity index is 3.31. The van der Waals surface area contributed by atoms with Crippen LogP contribution < -0.4 is 0 Å². The van der Waals surface area contributed by atoms with Crippen molar-refractivity contribution in [2.45, 2.75) is 52.6 Å². The third-order valence-electron chi connectivity index (χ3n) is 2.09. The molecule has 0 N–H and O–H groups in total. The van der Waals surface area contributed by atoms with Crippen LogP contribution in [0.2, 0.25) is 0 Å². The Morgan fingerprint density at radius 1 is 0.857 bits per heavy atom. The number of aromatic nitrogens is 2. The van der Waals surface area contributed by atoms with Crippen LogP contribution in [-0.4, -0.2) is 8.66 Å². The second-order valence-corrected chi connectivity index (χ2v) is 6.95. The average molecular weight is 215 g/mol. The van der Waals surface area contributed by atoms with Crippen molar-refractivity contribution in [3.8, 4) is 0 Å². The molecule has 0 saturated heterocycles. The molecule has 0 amide bonds. The topological polar surface area (TPSA) is 26.9 Å². The Labute approximate surface area is 86.6 Å². The number of hydrogen-bond acceptors (Lipinski definition) is 1. The molecule has 0 bridgehead atoms. The lowest BCUT2D eigenvalue weighted by Gasteiger charge is -2.14. The molecule has 0 saturated carbocycles. The molecule has 0 aliphatic carbocycles. The van der Waals surface area contributed by atoms with Gasteiger partial charge >= 0.3 is 7.73 Å². The van der Waals surface area contributed by atoms with E-state index >= 15 is 0 Å². The van der Waals surface area contributed by atoms with Crippen molar-refractivity contribution in [2.75, 3.05) is 0 Å². The van der Waals surface area contributed by atoms with Gasteiger partial charge in [0.1, 0.15) is 0 Å². The van der Waals surface area contributed by atoms with E-state index < -0.39 is 7.73 Å². The Hall–Kier alpha value is -0.560. The maximum atomic E-state index is 12.1. The van der Waals surface area contributed by atoms with E-state index in [0.29, 0.717) is 0 Å². The van der Waals surface area contributed by atoms with Gasteiger partial charge in [-0.15, -0.1) is 8.66 Å². The molecule has 0 aromatic carbocycles. The van der Waals surface area contributed by atoms with Crippen LogP contribution in [0, 0.1) is 0 Å². The van der Waals surface area contributed by atoms with Gasteiger partial charge in [0.15, 0.2) is 0 Å². The lowest BCUT2D eigenvalue weighted by molar-refractivity contribution is 0.405. The highest BCUT2D eigenvalue weighted by Gasteiger charge is 2.31. The van der Waals surface area contributed by atoms with Gasteiger partial charge in [-0.25, -0.2) is 0 Å². The molecule has 1 heterocycles. The van der Waals surface area contributed by atoms with Crippen molar-refractivity contribution < 1.29 is 4.57 Å². The summed E-state index contributed by atoms with van der Waals surface area (Å²) in [6.07, 6.45) is 3.84. The predicted octanol–water partition coefficient (Wildman–Crippen LogP) is 3.54. The van der Waals surface area contributed by atoms with E-state index in [1.807, 2.05) is 21.1 Å². The Morgan fingerprint density at radius 2 is 1.14 bits per heavy atom. The molecule has 0 spiro atoms. The largest absolute Gasteiger partial charge is 0.595 e. The van der Waals surface area contributed by atoms with E-state index in [1.165, 1.54) is 0 Å². The molecule has 1 aromatic rings. The minimum atomic E-state index is -1.46. The van der Waals surface area contributed by atoms with Gasteiger partial charge in [0.2, 0.25) is 0 Å². The zero-order chi connectivity index (χ0) is 11.1. The van der Waals surface area contributed by atoms with Crippen LogP contribution in [0.15, 0.2) is 12.4 Å². The van der Waals surface area contributed by atoms with E-state index in [0.717, 1.165) is 0 Å². The summed E-state index contributed by atoms with van der Waals surface area (Å²) in [6, 6.07) is 0. The number of rotatable bonds is 0. The maximum Gasteiger partial charge on any atom is 0.595 e. The van der Waals surface area contributed by atoms with Gasteiger partial charge in [-0.3, -0.25) is 0 Å². The zero-order valence-electron chi connectivity index (χ0n) is 9.90. The quantitative estimate of drug-likeness (QED) is 0.650. The Kier molecular flexibility index (Phi) is 2.66. The molecule has 1 aromatic heterocycles. The van der Waals surface area contributed by atoms with E-state index in [1.54, 1.807) is 0 Å². The molecular weight excluding hydrogens is 195 g/mol. The zero-order valence-corrected chi connectivity index (χ0v) is 10.8. The highest BCUT2D eigenvalue weighted by molar-refractivity contribution is 7.28. The van der Waals surface area contributed by atoms with Gasteiger partial charge in [0.05, 0.1) is 23.5 Å². The van der Waals surface area contributed by atoms with E-state index in [9.17, 15) is 4.57 Å². The summed E-state index contributed by atoms with van der Waals surface area (Å²) in [5.41, 5.74) is -0.159. The lowest BCUT2D eigenvalue weighted by atomic mass is 10.1. The van der Waals surface area contributed by atoms with E-state index in [2.05, 4.69) is 41.5 Å². The number of nitrogens with zero attached hydrogens (tertiary/aromatic N) is 2. The van der Waals surface area contributed by atoms with Crippen molar-refractivity contribution in [1.29, 1.82) is 0 Å². The Morgan fingerprint density at radius 3 is 1.29 bits per heavy atom. The van der Waals surface area contributed by atoms with E-state index in [-0.39, 0.29) is 11.1 Å². The van der Waals surface area contributed by atoms with Crippen molar-refractivity contribution in [1.82, 2.24) is 8.66 Å². The highest BCUT2D eigenvalue weighted by atomic mass is 31.1. The summed E-state index contributed by atoms with van der Waals surface area (Å²) >= 11 is 0. The summed E-state index contributed by atoms with van der Waals surface area (Å²) in [7, 11) is -1.46. The fourth-order valence-electron chi connectivity index (χ4n) is 1.30. The summed E-state index contributed by atoms with van der Waals surface area (Å²) < 4.78 is 16.0. The summed E-state index contributed by atoms with van der Waals surface area (Å²) in [4.78, 5) is 0. The predicted molar refractivity (Wildman–Crippen MR) is 60.0 cm³/mol. The third-order valence-corrected chi connectivity index (χ3v) is 4.30. The molecule has 0 aliphatic rings. The van der Waals surface area contributed by atoms with Crippen molar-refractivity contribution in [3.63, 3.8) is 0 Å².